The molecule has 0 aromatic heterocycles. The van der Waals surface area contributed by atoms with E-state index < -0.39 is 17.6 Å². The number of rotatable bonds is 3. The van der Waals surface area contributed by atoms with Gasteiger partial charge in [-0.3, -0.25) is 4.79 Å². The molecule has 3 N–H and O–H groups in total. The van der Waals surface area contributed by atoms with Crippen molar-refractivity contribution >= 4 is 21.8 Å². The van der Waals surface area contributed by atoms with Crippen LogP contribution in [-0.4, -0.2) is 18.5 Å². The molecule has 1 aliphatic carbocycles. The molecule has 2 atom stereocenters. The molecule has 1 aromatic carbocycles. The maximum Gasteiger partial charge on any atom is 0.417 e. The Balaban J connectivity index is 2.23. The van der Waals surface area contributed by atoms with Crippen molar-refractivity contribution in [3.63, 3.8) is 0 Å². The molecule has 116 valence electrons. The van der Waals surface area contributed by atoms with E-state index in [1.165, 1.54) is 12.1 Å². The quantitative estimate of drug-likeness (QED) is 0.864. The van der Waals surface area contributed by atoms with Crippen molar-refractivity contribution in [3.05, 3.63) is 33.8 Å². The highest BCUT2D eigenvalue weighted by Crippen LogP contribution is 2.34. The fourth-order valence-electron chi connectivity index (χ4n) is 2.70. The molecule has 3 nitrogen and oxygen atoms in total. The van der Waals surface area contributed by atoms with Crippen LogP contribution in [0.25, 0.3) is 0 Å². The fraction of sp³-hybridized carbons (Fsp3) is 0.500. The van der Waals surface area contributed by atoms with E-state index in [4.69, 9.17) is 5.73 Å². The van der Waals surface area contributed by atoms with Crippen molar-refractivity contribution in [1.82, 2.24) is 5.32 Å². The summed E-state index contributed by atoms with van der Waals surface area (Å²) < 4.78 is 39.4. The van der Waals surface area contributed by atoms with Gasteiger partial charge in [-0.05, 0) is 43.5 Å². The third-order valence-corrected chi connectivity index (χ3v) is 4.30. The van der Waals surface area contributed by atoms with Crippen LogP contribution in [0.2, 0.25) is 0 Å². The van der Waals surface area contributed by atoms with Crippen LogP contribution in [0.4, 0.5) is 13.2 Å². The Hall–Kier alpha value is -1.08. The Kier molecular flexibility index (Phi) is 4.93. The first-order valence-electron chi connectivity index (χ1n) is 6.70. The SMILES string of the molecule is NCC1CCCC1NC(=O)c1ccc(Br)cc1C(F)(F)F. The van der Waals surface area contributed by atoms with Gasteiger partial charge >= 0.3 is 6.18 Å². The van der Waals surface area contributed by atoms with Crippen molar-refractivity contribution < 1.29 is 18.0 Å². The molecular formula is C14H16BrF3N2O. The first-order chi connectivity index (χ1) is 9.82. The van der Waals surface area contributed by atoms with Crippen LogP contribution in [0.3, 0.4) is 0 Å². The first-order valence-corrected chi connectivity index (χ1v) is 7.50. The van der Waals surface area contributed by atoms with Crippen molar-refractivity contribution in [1.29, 1.82) is 0 Å². The molecule has 1 amide bonds. The molecule has 0 heterocycles. The topological polar surface area (TPSA) is 55.1 Å². The molecule has 1 aliphatic rings. The summed E-state index contributed by atoms with van der Waals surface area (Å²) in [7, 11) is 0. The molecule has 21 heavy (non-hydrogen) atoms. The number of carbonyl (C=O) groups excluding carboxylic acids is 1. The van der Waals surface area contributed by atoms with Gasteiger partial charge in [0, 0.05) is 10.5 Å². The molecule has 0 bridgehead atoms. The summed E-state index contributed by atoms with van der Waals surface area (Å²) in [6.07, 6.45) is -1.99. The average Bonchev–Trinajstić information content (AvgIpc) is 2.84. The summed E-state index contributed by atoms with van der Waals surface area (Å²) in [5, 5.41) is 2.69. The summed E-state index contributed by atoms with van der Waals surface area (Å²) in [6, 6.07) is 3.39. The molecule has 1 saturated carbocycles. The van der Waals surface area contributed by atoms with E-state index >= 15 is 0 Å². The van der Waals surface area contributed by atoms with Crippen LogP contribution in [-0.2, 0) is 6.18 Å². The molecule has 1 fully saturated rings. The Morgan fingerprint density at radius 2 is 2.10 bits per heavy atom. The van der Waals surface area contributed by atoms with Crippen molar-refractivity contribution in [2.24, 2.45) is 11.7 Å². The second kappa shape index (κ2) is 6.36. The van der Waals surface area contributed by atoms with Crippen LogP contribution in [0, 0.1) is 5.92 Å². The maximum atomic E-state index is 13.0. The number of halogens is 4. The fourth-order valence-corrected chi connectivity index (χ4v) is 3.07. The van der Waals surface area contributed by atoms with E-state index in [0.717, 1.165) is 25.3 Å². The van der Waals surface area contributed by atoms with Gasteiger partial charge in [0.2, 0.25) is 0 Å². The van der Waals surface area contributed by atoms with Gasteiger partial charge in [0.25, 0.3) is 5.91 Å². The van der Waals surface area contributed by atoms with E-state index in [1.807, 2.05) is 0 Å². The van der Waals surface area contributed by atoms with Crippen LogP contribution >= 0.6 is 15.9 Å². The number of carbonyl (C=O) groups is 1. The lowest BCUT2D eigenvalue weighted by Crippen LogP contribution is -2.40. The summed E-state index contributed by atoms with van der Waals surface area (Å²) in [5.41, 5.74) is 4.33. The van der Waals surface area contributed by atoms with E-state index in [-0.39, 0.29) is 22.0 Å². The lowest BCUT2D eigenvalue weighted by molar-refractivity contribution is -0.138. The Morgan fingerprint density at radius 1 is 1.38 bits per heavy atom. The highest BCUT2D eigenvalue weighted by Gasteiger charge is 2.36. The molecule has 0 spiro atoms. The summed E-state index contributed by atoms with van der Waals surface area (Å²) in [4.78, 5) is 12.2. The third kappa shape index (κ3) is 3.77. The zero-order valence-corrected chi connectivity index (χ0v) is 12.8. The number of amides is 1. The number of hydrogen-bond acceptors (Lipinski definition) is 2. The lowest BCUT2D eigenvalue weighted by atomic mass is 10.0. The van der Waals surface area contributed by atoms with Crippen molar-refractivity contribution in [2.45, 2.75) is 31.5 Å². The van der Waals surface area contributed by atoms with Gasteiger partial charge in [-0.1, -0.05) is 22.4 Å². The zero-order valence-electron chi connectivity index (χ0n) is 11.2. The highest BCUT2D eigenvalue weighted by atomic mass is 79.9. The second-order valence-corrected chi connectivity index (χ2v) is 6.11. The number of alkyl halides is 3. The van der Waals surface area contributed by atoms with Gasteiger partial charge in [-0.15, -0.1) is 0 Å². The van der Waals surface area contributed by atoms with Crippen LogP contribution in [0.1, 0.15) is 35.2 Å². The standard InChI is InChI=1S/C14H16BrF3N2O/c15-9-4-5-10(11(6-9)14(16,17)18)13(21)20-12-3-1-2-8(12)7-19/h4-6,8,12H,1-3,7,19H2,(H,20,21). The third-order valence-electron chi connectivity index (χ3n) is 3.81. The van der Waals surface area contributed by atoms with E-state index in [2.05, 4.69) is 21.2 Å². The smallest absolute Gasteiger partial charge is 0.349 e. The molecule has 7 heteroatoms. The largest absolute Gasteiger partial charge is 0.417 e. The monoisotopic (exact) mass is 364 g/mol. The number of benzene rings is 1. The van der Waals surface area contributed by atoms with Crippen LogP contribution < -0.4 is 11.1 Å². The van der Waals surface area contributed by atoms with Crippen molar-refractivity contribution in [3.8, 4) is 0 Å². The van der Waals surface area contributed by atoms with Gasteiger partial charge in [0.05, 0.1) is 11.1 Å². The summed E-state index contributed by atoms with van der Waals surface area (Å²) in [6.45, 7) is 0.428. The minimum atomic E-state index is -4.57. The zero-order chi connectivity index (χ0) is 15.6. The van der Waals surface area contributed by atoms with Gasteiger partial charge in [-0.2, -0.15) is 13.2 Å². The Bertz CT molecular complexity index is 533. The van der Waals surface area contributed by atoms with Gasteiger partial charge < -0.3 is 11.1 Å². The number of hydrogen-bond donors (Lipinski definition) is 2. The molecule has 0 radical (unpaired) electrons. The summed E-state index contributed by atoms with van der Waals surface area (Å²) >= 11 is 3.00. The van der Waals surface area contributed by atoms with Crippen molar-refractivity contribution in [2.75, 3.05) is 6.54 Å². The molecule has 0 aliphatic heterocycles. The molecule has 1 aromatic rings. The van der Waals surface area contributed by atoms with E-state index in [0.29, 0.717) is 6.54 Å². The predicted molar refractivity (Wildman–Crippen MR) is 76.8 cm³/mol. The highest BCUT2D eigenvalue weighted by molar-refractivity contribution is 9.10. The van der Waals surface area contributed by atoms with Crippen LogP contribution in [0.5, 0.6) is 0 Å². The summed E-state index contributed by atoms with van der Waals surface area (Å²) in [5.74, 6) is -0.557. The minimum Gasteiger partial charge on any atom is -0.349 e. The van der Waals surface area contributed by atoms with E-state index in [1.54, 1.807) is 0 Å². The van der Waals surface area contributed by atoms with Gasteiger partial charge in [-0.25, -0.2) is 0 Å². The molecule has 0 saturated heterocycles. The van der Waals surface area contributed by atoms with Gasteiger partial charge in [0.15, 0.2) is 0 Å². The maximum absolute atomic E-state index is 13.0. The average molecular weight is 365 g/mol. The normalized spacial score (nSPS) is 22.3. The Labute approximate surface area is 129 Å². The van der Waals surface area contributed by atoms with Crippen LogP contribution in [0.15, 0.2) is 22.7 Å². The first kappa shape index (κ1) is 16.3. The minimum absolute atomic E-state index is 0.138. The molecule has 2 rings (SSSR count). The lowest BCUT2D eigenvalue weighted by Gasteiger charge is -2.21. The predicted octanol–water partition coefficient (Wildman–Crippen LogP) is 3.33. The number of nitrogens with two attached hydrogens (primary N) is 1. The number of nitrogens with one attached hydrogen (secondary N) is 1. The van der Waals surface area contributed by atoms with E-state index in [9.17, 15) is 18.0 Å². The second-order valence-electron chi connectivity index (χ2n) is 5.19. The van der Waals surface area contributed by atoms with Gasteiger partial charge in [0.1, 0.15) is 0 Å². The Morgan fingerprint density at radius 3 is 2.71 bits per heavy atom. The molecule has 2 unspecified atom stereocenters. The molecular weight excluding hydrogens is 349 g/mol.